The SMILES string of the molecule is CCC(CO)(CO)CO.O=C(O)C(F)=C(F)F. The molecule has 102 valence electrons. The molecule has 0 bridgehead atoms. The van der Waals surface area contributed by atoms with Crippen LogP contribution in [0.25, 0.3) is 0 Å². The second kappa shape index (κ2) is 8.97. The van der Waals surface area contributed by atoms with Gasteiger partial charge in [-0.1, -0.05) is 6.92 Å². The first-order valence-corrected chi connectivity index (χ1v) is 4.56. The highest BCUT2D eigenvalue weighted by Crippen LogP contribution is 2.18. The fourth-order valence-corrected chi connectivity index (χ4v) is 0.566. The Labute approximate surface area is 95.8 Å². The summed E-state index contributed by atoms with van der Waals surface area (Å²) in [4.78, 5) is 9.23. The summed E-state index contributed by atoms with van der Waals surface area (Å²) >= 11 is 0. The van der Waals surface area contributed by atoms with E-state index in [0.717, 1.165) is 0 Å². The number of halogens is 3. The minimum Gasteiger partial charge on any atom is -0.476 e. The van der Waals surface area contributed by atoms with Crippen LogP contribution in [0.4, 0.5) is 13.2 Å². The summed E-state index contributed by atoms with van der Waals surface area (Å²) < 4.78 is 32.8. The topological polar surface area (TPSA) is 98.0 Å². The van der Waals surface area contributed by atoms with Gasteiger partial charge in [0.25, 0.3) is 5.83 Å². The van der Waals surface area contributed by atoms with E-state index in [1.54, 1.807) is 0 Å². The maximum Gasteiger partial charge on any atom is 0.370 e. The lowest BCUT2D eigenvalue weighted by molar-refractivity contribution is -0.134. The van der Waals surface area contributed by atoms with Gasteiger partial charge in [-0.3, -0.25) is 0 Å². The van der Waals surface area contributed by atoms with Crippen molar-refractivity contribution in [3.63, 3.8) is 0 Å². The second-order valence-corrected chi connectivity index (χ2v) is 3.21. The molecule has 0 aliphatic rings. The summed E-state index contributed by atoms with van der Waals surface area (Å²) in [7, 11) is 0. The van der Waals surface area contributed by atoms with E-state index in [9.17, 15) is 18.0 Å². The minimum atomic E-state index is -2.81. The molecule has 0 saturated heterocycles. The van der Waals surface area contributed by atoms with Gasteiger partial charge in [0.05, 0.1) is 19.8 Å². The summed E-state index contributed by atoms with van der Waals surface area (Å²) in [6.45, 7) is 1.35. The van der Waals surface area contributed by atoms with Gasteiger partial charge in [-0.05, 0) is 6.42 Å². The molecule has 0 saturated carbocycles. The Morgan fingerprint density at radius 2 is 1.41 bits per heavy atom. The number of carboxylic acid groups (broad SMARTS) is 1. The molecule has 0 radical (unpaired) electrons. The molecule has 0 aliphatic carbocycles. The molecule has 0 rings (SSSR count). The first kappa shape index (κ1) is 18.3. The lowest BCUT2D eigenvalue weighted by Crippen LogP contribution is -2.32. The molecule has 0 fully saturated rings. The van der Waals surface area contributed by atoms with Crippen molar-refractivity contribution in [2.75, 3.05) is 19.8 Å². The first-order valence-electron chi connectivity index (χ1n) is 4.56. The third kappa shape index (κ3) is 6.93. The molecular weight excluding hydrogens is 245 g/mol. The van der Waals surface area contributed by atoms with E-state index in [4.69, 9.17) is 20.4 Å². The Morgan fingerprint density at radius 1 is 1.06 bits per heavy atom. The lowest BCUT2D eigenvalue weighted by Gasteiger charge is -2.24. The number of hydrogen-bond donors (Lipinski definition) is 4. The van der Waals surface area contributed by atoms with Crippen molar-refractivity contribution in [3.8, 4) is 0 Å². The number of hydrogen-bond acceptors (Lipinski definition) is 4. The van der Waals surface area contributed by atoms with E-state index in [2.05, 4.69) is 0 Å². The van der Waals surface area contributed by atoms with Gasteiger partial charge in [0, 0.05) is 5.41 Å². The van der Waals surface area contributed by atoms with Crippen LogP contribution in [0.2, 0.25) is 0 Å². The van der Waals surface area contributed by atoms with Crippen LogP contribution in [-0.2, 0) is 4.79 Å². The van der Waals surface area contributed by atoms with Crippen molar-refractivity contribution in [2.45, 2.75) is 13.3 Å². The van der Waals surface area contributed by atoms with Gasteiger partial charge in [0.1, 0.15) is 0 Å². The molecule has 0 aromatic heterocycles. The van der Waals surface area contributed by atoms with Crippen LogP contribution in [-0.4, -0.2) is 46.2 Å². The average Bonchev–Trinajstić information content (AvgIpc) is 2.32. The van der Waals surface area contributed by atoms with E-state index in [1.807, 2.05) is 6.92 Å². The second-order valence-electron chi connectivity index (χ2n) is 3.21. The molecule has 5 nitrogen and oxygen atoms in total. The molecule has 0 aliphatic heterocycles. The summed E-state index contributed by atoms with van der Waals surface area (Å²) in [5, 5.41) is 33.4. The number of aliphatic hydroxyl groups is 3. The van der Waals surface area contributed by atoms with E-state index in [0.29, 0.717) is 6.42 Å². The van der Waals surface area contributed by atoms with Crippen LogP contribution >= 0.6 is 0 Å². The Bertz CT molecular complexity index is 242. The molecule has 4 N–H and O–H groups in total. The van der Waals surface area contributed by atoms with Crippen LogP contribution < -0.4 is 0 Å². The van der Waals surface area contributed by atoms with Crippen molar-refractivity contribution in [1.29, 1.82) is 0 Å². The Morgan fingerprint density at radius 3 is 1.41 bits per heavy atom. The molecule has 0 amide bonds. The predicted molar refractivity (Wildman–Crippen MR) is 52.0 cm³/mol. The Balaban J connectivity index is 0. The molecule has 17 heavy (non-hydrogen) atoms. The third-order valence-corrected chi connectivity index (χ3v) is 2.11. The van der Waals surface area contributed by atoms with Gasteiger partial charge in [-0.25, -0.2) is 4.79 Å². The van der Waals surface area contributed by atoms with Gasteiger partial charge in [0.2, 0.25) is 0 Å². The van der Waals surface area contributed by atoms with E-state index in [1.165, 1.54) is 0 Å². The van der Waals surface area contributed by atoms with Gasteiger partial charge >= 0.3 is 12.0 Å². The molecule has 0 aromatic rings. The number of carboxylic acids is 1. The monoisotopic (exact) mass is 260 g/mol. The zero-order valence-electron chi connectivity index (χ0n) is 9.16. The predicted octanol–water partition coefficient (Wildman–Crippen LogP) is 0.508. The quantitative estimate of drug-likeness (QED) is 0.540. The van der Waals surface area contributed by atoms with Crippen LogP contribution in [0.5, 0.6) is 0 Å². The third-order valence-electron chi connectivity index (χ3n) is 2.11. The van der Waals surface area contributed by atoms with Crippen molar-refractivity contribution in [3.05, 3.63) is 11.9 Å². The lowest BCUT2D eigenvalue weighted by atomic mass is 9.88. The zero-order chi connectivity index (χ0) is 14.1. The average molecular weight is 260 g/mol. The zero-order valence-corrected chi connectivity index (χ0v) is 9.16. The molecule has 0 spiro atoms. The Hall–Kier alpha value is -1.12. The highest BCUT2D eigenvalue weighted by Gasteiger charge is 2.24. The molecule has 0 unspecified atom stereocenters. The summed E-state index contributed by atoms with van der Waals surface area (Å²) in [5.74, 6) is -4.64. The fraction of sp³-hybridized carbons (Fsp3) is 0.667. The minimum absolute atomic E-state index is 0.156. The van der Waals surface area contributed by atoms with Gasteiger partial charge < -0.3 is 20.4 Å². The van der Waals surface area contributed by atoms with Gasteiger partial charge in [-0.15, -0.1) is 0 Å². The van der Waals surface area contributed by atoms with Gasteiger partial charge in [0.15, 0.2) is 0 Å². The van der Waals surface area contributed by atoms with Crippen molar-refractivity contribution < 1.29 is 38.4 Å². The highest BCUT2D eigenvalue weighted by atomic mass is 19.3. The first-order chi connectivity index (χ1) is 7.80. The van der Waals surface area contributed by atoms with E-state index in [-0.39, 0.29) is 19.8 Å². The largest absolute Gasteiger partial charge is 0.476 e. The van der Waals surface area contributed by atoms with Crippen molar-refractivity contribution in [2.24, 2.45) is 5.41 Å². The molecule has 8 heteroatoms. The Kier molecular flexibility index (Phi) is 9.63. The van der Waals surface area contributed by atoms with Crippen molar-refractivity contribution >= 4 is 5.97 Å². The molecular formula is C9H15F3O5. The van der Waals surface area contributed by atoms with Crippen molar-refractivity contribution in [1.82, 2.24) is 0 Å². The van der Waals surface area contributed by atoms with E-state index < -0.39 is 23.3 Å². The number of carbonyl (C=O) groups is 1. The molecule has 0 atom stereocenters. The summed E-state index contributed by atoms with van der Waals surface area (Å²) in [6.07, 6.45) is -2.21. The van der Waals surface area contributed by atoms with E-state index >= 15 is 0 Å². The number of aliphatic hydroxyl groups excluding tert-OH is 3. The maximum atomic E-state index is 11.2. The normalized spacial score (nSPS) is 10.3. The summed E-state index contributed by atoms with van der Waals surface area (Å²) in [6, 6.07) is 0. The smallest absolute Gasteiger partial charge is 0.370 e. The molecule has 0 aromatic carbocycles. The maximum absolute atomic E-state index is 11.2. The van der Waals surface area contributed by atoms with Gasteiger partial charge in [-0.2, -0.15) is 13.2 Å². The van der Waals surface area contributed by atoms with Crippen LogP contribution in [0, 0.1) is 5.41 Å². The van der Waals surface area contributed by atoms with Crippen LogP contribution in [0.3, 0.4) is 0 Å². The fourth-order valence-electron chi connectivity index (χ4n) is 0.566. The highest BCUT2D eigenvalue weighted by molar-refractivity contribution is 5.84. The van der Waals surface area contributed by atoms with Crippen LogP contribution in [0.1, 0.15) is 13.3 Å². The molecule has 0 heterocycles. The summed E-state index contributed by atoms with van der Waals surface area (Å²) in [5.41, 5.74) is -0.667. The van der Waals surface area contributed by atoms with Crippen LogP contribution in [0.15, 0.2) is 11.9 Å². The number of rotatable bonds is 5. The number of aliphatic carboxylic acids is 1. The standard InChI is InChI=1S/C6H14O3.C3HF3O2/c1-2-6(3-7,4-8)5-9;4-1(2(5)6)3(7)8/h7-9H,2-5H2,1H3;(H,7,8).